The lowest BCUT2D eigenvalue weighted by molar-refractivity contribution is 0.0951. The highest BCUT2D eigenvalue weighted by molar-refractivity contribution is 7.92. The number of aryl methyl sites for hydroxylation is 1. The Balaban J connectivity index is 1.69. The molecule has 3 rings (SSSR count). The highest BCUT2D eigenvalue weighted by Gasteiger charge is 2.20. The Labute approximate surface area is 191 Å². The van der Waals surface area contributed by atoms with Crippen molar-refractivity contribution in [3.63, 3.8) is 0 Å². The Kier molecular flexibility index (Phi) is 7.70. The number of hydrogen-bond donors (Lipinski definition) is 1. The summed E-state index contributed by atoms with van der Waals surface area (Å²) < 4.78 is 26.4. The minimum Gasteiger partial charge on any atom is -0.351 e. The van der Waals surface area contributed by atoms with E-state index in [0.717, 1.165) is 17.5 Å². The van der Waals surface area contributed by atoms with Gasteiger partial charge in [0.15, 0.2) is 0 Å². The van der Waals surface area contributed by atoms with Crippen LogP contribution in [0.3, 0.4) is 0 Å². The van der Waals surface area contributed by atoms with Gasteiger partial charge < -0.3 is 5.32 Å². The number of carbonyl (C=O) groups is 1. The zero-order chi connectivity index (χ0) is 23.1. The SMILES string of the molecule is CCc1ccccc1N(Cc1ccc(C(=O)NC[C@H](C)c2ccccc2)cc1)S(C)(=O)=O. The summed E-state index contributed by atoms with van der Waals surface area (Å²) in [6.45, 7) is 4.83. The van der Waals surface area contributed by atoms with Crippen LogP contribution < -0.4 is 9.62 Å². The number of anilines is 1. The number of nitrogens with zero attached hydrogens (tertiary/aromatic N) is 1. The van der Waals surface area contributed by atoms with Gasteiger partial charge >= 0.3 is 0 Å². The van der Waals surface area contributed by atoms with Crippen molar-refractivity contribution in [2.75, 3.05) is 17.1 Å². The van der Waals surface area contributed by atoms with E-state index in [4.69, 9.17) is 0 Å². The maximum atomic E-state index is 12.6. The van der Waals surface area contributed by atoms with Crippen molar-refractivity contribution >= 4 is 21.6 Å². The number of para-hydroxylation sites is 1. The molecule has 6 heteroatoms. The van der Waals surface area contributed by atoms with Crippen LogP contribution >= 0.6 is 0 Å². The number of carbonyl (C=O) groups excluding carboxylic acids is 1. The van der Waals surface area contributed by atoms with Crippen LogP contribution in [0.15, 0.2) is 78.9 Å². The predicted molar refractivity (Wildman–Crippen MR) is 130 cm³/mol. The van der Waals surface area contributed by atoms with Gasteiger partial charge in [-0.25, -0.2) is 8.42 Å². The number of rotatable bonds is 9. The Morgan fingerprint density at radius 2 is 1.56 bits per heavy atom. The van der Waals surface area contributed by atoms with Crippen LogP contribution in [-0.2, 0) is 23.0 Å². The molecule has 0 unspecified atom stereocenters. The molecule has 0 aliphatic rings. The molecule has 0 saturated carbocycles. The molecule has 168 valence electrons. The van der Waals surface area contributed by atoms with E-state index >= 15 is 0 Å². The average Bonchev–Trinajstić information content (AvgIpc) is 2.81. The molecule has 0 spiro atoms. The molecule has 0 aliphatic heterocycles. The Morgan fingerprint density at radius 3 is 2.19 bits per heavy atom. The highest BCUT2D eigenvalue weighted by Crippen LogP contribution is 2.25. The molecule has 0 bridgehead atoms. The van der Waals surface area contributed by atoms with E-state index in [1.807, 2.05) is 61.5 Å². The van der Waals surface area contributed by atoms with Gasteiger partial charge in [0.05, 0.1) is 18.5 Å². The Hall–Kier alpha value is -3.12. The van der Waals surface area contributed by atoms with Crippen molar-refractivity contribution < 1.29 is 13.2 Å². The first-order valence-corrected chi connectivity index (χ1v) is 12.6. The van der Waals surface area contributed by atoms with Gasteiger partial charge in [0, 0.05) is 12.1 Å². The molecule has 5 nitrogen and oxygen atoms in total. The first-order chi connectivity index (χ1) is 15.3. The van der Waals surface area contributed by atoms with Crippen molar-refractivity contribution in [2.24, 2.45) is 0 Å². The molecule has 0 fully saturated rings. The van der Waals surface area contributed by atoms with Gasteiger partial charge in [-0.3, -0.25) is 9.10 Å². The molecule has 0 saturated heterocycles. The van der Waals surface area contributed by atoms with Crippen LogP contribution in [0.2, 0.25) is 0 Å². The molecular formula is C26H30N2O3S. The molecule has 0 aromatic heterocycles. The van der Waals surface area contributed by atoms with Crippen LogP contribution in [0.5, 0.6) is 0 Å². The monoisotopic (exact) mass is 450 g/mol. The minimum atomic E-state index is -3.47. The topological polar surface area (TPSA) is 66.5 Å². The summed E-state index contributed by atoms with van der Waals surface area (Å²) in [5.74, 6) is 0.0667. The van der Waals surface area contributed by atoms with Crippen molar-refractivity contribution in [3.8, 4) is 0 Å². The first-order valence-electron chi connectivity index (χ1n) is 10.8. The standard InChI is InChI=1S/C26H30N2O3S/c1-4-22-10-8-9-13-25(22)28(32(3,30)31)19-21-14-16-24(17-15-21)26(29)27-18-20(2)23-11-6-5-7-12-23/h5-17,20H,4,18-19H2,1-3H3,(H,27,29)/t20-/m0/s1. The van der Waals surface area contributed by atoms with Crippen LogP contribution in [-0.4, -0.2) is 27.1 Å². The molecule has 0 aliphatic carbocycles. The average molecular weight is 451 g/mol. The van der Waals surface area contributed by atoms with E-state index in [2.05, 4.69) is 24.4 Å². The predicted octanol–water partition coefficient (Wildman–Crippen LogP) is 4.75. The van der Waals surface area contributed by atoms with Gasteiger partial charge in [0.2, 0.25) is 10.0 Å². The zero-order valence-corrected chi connectivity index (χ0v) is 19.6. The second-order valence-electron chi connectivity index (χ2n) is 7.97. The van der Waals surface area contributed by atoms with Gasteiger partial charge in [-0.15, -0.1) is 0 Å². The lowest BCUT2D eigenvalue weighted by atomic mass is 10.0. The van der Waals surface area contributed by atoms with E-state index < -0.39 is 10.0 Å². The van der Waals surface area contributed by atoms with E-state index in [-0.39, 0.29) is 18.4 Å². The lowest BCUT2D eigenvalue weighted by Crippen LogP contribution is -2.30. The molecule has 1 amide bonds. The van der Waals surface area contributed by atoms with Crippen molar-refractivity contribution in [2.45, 2.75) is 32.7 Å². The van der Waals surface area contributed by atoms with E-state index in [9.17, 15) is 13.2 Å². The summed E-state index contributed by atoms with van der Waals surface area (Å²) >= 11 is 0. The normalized spacial score (nSPS) is 12.2. The summed E-state index contributed by atoms with van der Waals surface area (Å²) in [5, 5.41) is 2.98. The summed E-state index contributed by atoms with van der Waals surface area (Å²) in [6.07, 6.45) is 1.96. The van der Waals surface area contributed by atoms with Crippen molar-refractivity contribution in [3.05, 3.63) is 101 Å². The minimum absolute atomic E-state index is 0.143. The molecule has 1 N–H and O–H groups in total. The second-order valence-corrected chi connectivity index (χ2v) is 9.88. The zero-order valence-electron chi connectivity index (χ0n) is 18.8. The summed E-state index contributed by atoms with van der Waals surface area (Å²) in [4.78, 5) is 12.6. The summed E-state index contributed by atoms with van der Waals surface area (Å²) in [7, 11) is -3.47. The smallest absolute Gasteiger partial charge is 0.251 e. The summed E-state index contributed by atoms with van der Waals surface area (Å²) in [5.41, 5.74) is 4.21. The van der Waals surface area contributed by atoms with Gasteiger partial charge in [-0.05, 0) is 47.2 Å². The van der Waals surface area contributed by atoms with Gasteiger partial charge in [-0.2, -0.15) is 0 Å². The van der Waals surface area contributed by atoms with Gasteiger partial charge in [0.1, 0.15) is 0 Å². The van der Waals surface area contributed by atoms with Gasteiger partial charge in [-0.1, -0.05) is 74.5 Å². The largest absolute Gasteiger partial charge is 0.351 e. The number of nitrogens with one attached hydrogen (secondary N) is 1. The third-order valence-electron chi connectivity index (χ3n) is 5.52. The molecular weight excluding hydrogens is 420 g/mol. The van der Waals surface area contributed by atoms with Crippen molar-refractivity contribution in [1.82, 2.24) is 5.32 Å². The fourth-order valence-electron chi connectivity index (χ4n) is 3.61. The van der Waals surface area contributed by atoms with E-state index in [1.54, 1.807) is 12.1 Å². The number of sulfonamides is 1. The molecule has 3 aromatic carbocycles. The molecule has 1 atom stereocenters. The summed E-state index contributed by atoms with van der Waals surface area (Å²) in [6, 6.07) is 24.7. The highest BCUT2D eigenvalue weighted by atomic mass is 32.2. The van der Waals surface area contributed by atoms with E-state index in [1.165, 1.54) is 16.1 Å². The quantitative estimate of drug-likeness (QED) is 0.512. The molecule has 0 heterocycles. The van der Waals surface area contributed by atoms with Crippen LogP contribution in [0, 0.1) is 0 Å². The molecule has 0 radical (unpaired) electrons. The van der Waals surface area contributed by atoms with Crippen LogP contribution in [0.25, 0.3) is 0 Å². The second kappa shape index (κ2) is 10.5. The maximum absolute atomic E-state index is 12.6. The van der Waals surface area contributed by atoms with Crippen LogP contribution in [0.1, 0.15) is 46.8 Å². The fourth-order valence-corrected chi connectivity index (χ4v) is 4.53. The number of hydrogen-bond acceptors (Lipinski definition) is 3. The molecule has 32 heavy (non-hydrogen) atoms. The Bertz CT molecular complexity index is 1140. The van der Waals surface area contributed by atoms with Crippen LogP contribution in [0.4, 0.5) is 5.69 Å². The number of amides is 1. The number of benzene rings is 3. The first kappa shape index (κ1) is 23.5. The van der Waals surface area contributed by atoms with Crippen molar-refractivity contribution in [1.29, 1.82) is 0 Å². The van der Waals surface area contributed by atoms with E-state index in [0.29, 0.717) is 17.8 Å². The Morgan fingerprint density at radius 1 is 0.938 bits per heavy atom. The molecule has 3 aromatic rings. The maximum Gasteiger partial charge on any atom is 0.251 e. The lowest BCUT2D eigenvalue weighted by Gasteiger charge is -2.25. The third-order valence-corrected chi connectivity index (χ3v) is 6.65. The fraction of sp³-hybridized carbons (Fsp3) is 0.269. The third kappa shape index (κ3) is 5.98. The van der Waals surface area contributed by atoms with Gasteiger partial charge in [0.25, 0.3) is 5.91 Å².